The summed E-state index contributed by atoms with van der Waals surface area (Å²) in [6.45, 7) is 2.17. The molecule has 48 valence electrons. The first kappa shape index (κ1) is 12.4. The van der Waals surface area contributed by atoms with Gasteiger partial charge in [-0.3, -0.25) is 0 Å². The minimum atomic E-state index is 0. The van der Waals surface area contributed by atoms with Gasteiger partial charge in [-0.1, -0.05) is 13.3 Å². The maximum atomic E-state index is 2.30. The fraction of sp³-hybridized carbons (Fsp3) is 0.571. The topological polar surface area (TPSA) is 0 Å². The minimum absolute atomic E-state index is 0. The molecule has 2 heteroatoms. The summed E-state index contributed by atoms with van der Waals surface area (Å²) in [5.74, 6) is 0. The van der Waals surface area contributed by atoms with Gasteiger partial charge < -0.3 is 12.4 Å². The minimum Gasteiger partial charge on any atom is -1.00 e. The summed E-state index contributed by atoms with van der Waals surface area (Å²) in [6, 6.07) is 0. The first-order chi connectivity index (χ1) is 3.39. The number of rotatable bonds is 0. The number of hydrogen-bond donors (Lipinski definition) is 0. The maximum Gasteiger partial charge on any atom is 2.00 e. The molecule has 0 N–H and O–H groups in total. The predicted molar refractivity (Wildman–Crippen MR) is 37.7 cm³/mol. The van der Waals surface area contributed by atoms with Crippen molar-refractivity contribution in [3.05, 3.63) is 18.1 Å². The normalized spacial score (nSPS) is 15.9. The molecule has 0 spiro atoms. The second-order valence-corrected chi connectivity index (χ2v) is 2.08. The molecule has 1 rings (SSSR count). The van der Waals surface area contributed by atoms with Gasteiger partial charge in [0.05, 0.1) is 0 Å². The smallest absolute Gasteiger partial charge is 1.00 e. The average Bonchev–Trinajstić information content (AvgIpc) is 1.69. The van der Waals surface area contributed by atoms with E-state index < -0.39 is 0 Å². The van der Waals surface area contributed by atoms with Gasteiger partial charge >= 0.3 is 23.1 Å². The van der Waals surface area contributed by atoms with Crippen molar-refractivity contribution in [2.75, 3.05) is 0 Å². The molecule has 0 amide bonds. The molecule has 0 saturated carbocycles. The van der Waals surface area contributed by atoms with Crippen LogP contribution in [0.2, 0.25) is 0 Å². The van der Waals surface area contributed by atoms with Gasteiger partial charge in [0.2, 0.25) is 0 Å². The van der Waals surface area contributed by atoms with Crippen molar-refractivity contribution in [3.8, 4) is 0 Å². The summed E-state index contributed by atoms with van der Waals surface area (Å²) in [4.78, 5) is 0. The molecule has 0 saturated heterocycles. The van der Waals surface area contributed by atoms with Crippen molar-refractivity contribution in [2.24, 2.45) is 0 Å². The van der Waals surface area contributed by atoms with Crippen LogP contribution in [0.15, 0.2) is 11.6 Å². The molecule has 0 fully saturated rings. The van der Waals surface area contributed by atoms with E-state index in [9.17, 15) is 0 Å². The second-order valence-electron chi connectivity index (χ2n) is 2.08. The van der Waals surface area contributed by atoms with E-state index in [-0.39, 0.29) is 35.5 Å². The third-order valence-corrected chi connectivity index (χ3v) is 1.34. The molecule has 1 aliphatic rings. The van der Waals surface area contributed by atoms with Gasteiger partial charge in [-0.2, -0.15) is 0 Å². The third-order valence-electron chi connectivity index (χ3n) is 1.34. The van der Waals surface area contributed by atoms with Crippen LogP contribution in [0.5, 0.6) is 0 Å². The van der Waals surface area contributed by atoms with Crippen LogP contribution in [0.3, 0.4) is 0 Å². The summed E-state index contributed by atoms with van der Waals surface area (Å²) >= 11 is 0. The zero-order valence-electron chi connectivity index (χ0n) is 5.86. The molecule has 0 bridgehead atoms. The summed E-state index contributed by atoms with van der Waals surface area (Å²) in [6.07, 6.45) is 8.54. The zero-order chi connectivity index (χ0) is 5.11. The molecule has 9 heavy (non-hydrogen) atoms. The fourth-order valence-corrected chi connectivity index (χ4v) is 0.861. The standard InChI is InChI=1S/C7H11.ClH.Mg/c1-7-5-3-2-4-6-7;;/h5-6H,2-4H2,1H3;1H;/q-1;;+2/p-1. The SMILES string of the molecule is CC1=CCCC[CH-]1.[Cl-].[Mg+2]. The average molecular weight is 155 g/mol. The van der Waals surface area contributed by atoms with Gasteiger partial charge in [-0.15, -0.1) is 12.8 Å². The zero-order valence-corrected chi connectivity index (χ0v) is 8.03. The van der Waals surface area contributed by atoms with E-state index in [1.54, 1.807) is 0 Å². The van der Waals surface area contributed by atoms with Crippen molar-refractivity contribution >= 4 is 23.1 Å². The van der Waals surface area contributed by atoms with Gasteiger partial charge in [-0.25, -0.2) is 18.1 Å². The molecule has 0 atom stereocenters. The van der Waals surface area contributed by atoms with E-state index in [1.807, 2.05) is 0 Å². The Morgan fingerprint density at radius 1 is 1.56 bits per heavy atom. The molecule has 0 aromatic heterocycles. The third kappa shape index (κ3) is 5.13. The van der Waals surface area contributed by atoms with Crippen molar-refractivity contribution < 1.29 is 12.4 Å². The molecule has 0 aromatic rings. The first-order valence-corrected chi connectivity index (χ1v) is 2.89. The van der Waals surface area contributed by atoms with Crippen molar-refractivity contribution in [2.45, 2.75) is 26.2 Å². The van der Waals surface area contributed by atoms with E-state index in [0.29, 0.717) is 0 Å². The Kier molecular flexibility index (Phi) is 9.31. The van der Waals surface area contributed by atoms with Gasteiger partial charge in [0.25, 0.3) is 0 Å². The van der Waals surface area contributed by atoms with Gasteiger partial charge in [0, 0.05) is 0 Å². The summed E-state index contributed by atoms with van der Waals surface area (Å²) in [5, 5.41) is 0. The van der Waals surface area contributed by atoms with Crippen LogP contribution in [0.4, 0.5) is 0 Å². The molecule has 0 heterocycles. The fourth-order valence-electron chi connectivity index (χ4n) is 0.861. The Labute approximate surface area is 79.7 Å². The van der Waals surface area contributed by atoms with Crippen LogP contribution >= 0.6 is 0 Å². The molecule has 0 unspecified atom stereocenters. The van der Waals surface area contributed by atoms with Crippen molar-refractivity contribution in [3.63, 3.8) is 0 Å². The van der Waals surface area contributed by atoms with E-state index in [1.165, 1.54) is 24.8 Å². The van der Waals surface area contributed by atoms with E-state index in [4.69, 9.17) is 0 Å². The van der Waals surface area contributed by atoms with Crippen molar-refractivity contribution in [1.29, 1.82) is 0 Å². The Morgan fingerprint density at radius 3 is 2.44 bits per heavy atom. The predicted octanol–water partition coefficient (Wildman–Crippen LogP) is -1.06. The first-order valence-electron chi connectivity index (χ1n) is 2.89. The largest absolute Gasteiger partial charge is 2.00 e. The van der Waals surface area contributed by atoms with E-state index in [0.717, 1.165) is 0 Å². The van der Waals surface area contributed by atoms with E-state index in [2.05, 4.69) is 19.4 Å². The summed E-state index contributed by atoms with van der Waals surface area (Å²) in [7, 11) is 0. The monoisotopic (exact) mass is 154 g/mol. The molecular formula is C7H11ClMg. The van der Waals surface area contributed by atoms with Gasteiger partial charge in [0.1, 0.15) is 0 Å². The van der Waals surface area contributed by atoms with Crippen LogP contribution in [0.25, 0.3) is 0 Å². The molecular weight excluding hydrogens is 144 g/mol. The molecule has 0 radical (unpaired) electrons. The Balaban J connectivity index is 0. The Bertz CT molecular complexity index is 88.9. The molecule has 1 aliphatic carbocycles. The van der Waals surface area contributed by atoms with E-state index >= 15 is 0 Å². The number of halogens is 1. The van der Waals surface area contributed by atoms with Crippen LogP contribution < -0.4 is 12.4 Å². The number of hydrogen-bond acceptors (Lipinski definition) is 0. The summed E-state index contributed by atoms with van der Waals surface area (Å²) < 4.78 is 0. The Hall–Kier alpha value is 0.666. The van der Waals surface area contributed by atoms with Crippen LogP contribution in [0.1, 0.15) is 26.2 Å². The summed E-state index contributed by atoms with van der Waals surface area (Å²) in [5.41, 5.74) is 1.46. The van der Waals surface area contributed by atoms with Gasteiger partial charge in [0.15, 0.2) is 0 Å². The van der Waals surface area contributed by atoms with Gasteiger partial charge in [-0.05, 0) is 0 Å². The Morgan fingerprint density at radius 2 is 2.22 bits per heavy atom. The molecule has 0 nitrogen and oxygen atoms in total. The van der Waals surface area contributed by atoms with Crippen LogP contribution in [0, 0.1) is 6.42 Å². The van der Waals surface area contributed by atoms with Crippen LogP contribution in [-0.4, -0.2) is 23.1 Å². The second kappa shape index (κ2) is 6.78. The quantitative estimate of drug-likeness (QED) is 0.309. The van der Waals surface area contributed by atoms with Crippen molar-refractivity contribution in [1.82, 2.24) is 0 Å². The molecule has 0 aromatic carbocycles. The number of allylic oxidation sites excluding steroid dienone is 2. The molecule has 0 aliphatic heterocycles. The van der Waals surface area contributed by atoms with Crippen LogP contribution in [-0.2, 0) is 0 Å². The maximum absolute atomic E-state index is 2.30.